The van der Waals surface area contributed by atoms with Crippen molar-refractivity contribution in [3.63, 3.8) is 0 Å². The summed E-state index contributed by atoms with van der Waals surface area (Å²) in [6.45, 7) is 0. The summed E-state index contributed by atoms with van der Waals surface area (Å²) in [5.74, 6) is -0.390. The molecule has 0 saturated heterocycles. The second-order valence-electron chi connectivity index (χ2n) is 3.44. The molecule has 88 valence electrons. The van der Waals surface area contributed by atoms with Crippen LogP contribution in [0.15, 0.2) is 28.7 Å². The van der Waals surface area contributed by atoms with Crippen molar-refractivity contribution >= 4 is 55.9 Å². The van der Waals surface area contributed by atoms with Crippen molar-refractivity contribution in [3.05, 3.63) is 44.3 Å². The molecule has 0 atom stereocenters. The Morgan fingerprint density at radius 2 is 1.82 bits per heavy atom. The van der Waals surface area contributed by atoms with Gasteiger partial charge in [0.1, 0.15) is 0 Å². The Balaban J connectivity index is 2.73. The third-order valence-electron chi connectivity index (χ3n) is 2.36. The third kappa shape index (κ3) is 2.41. The van der Waals surface area contributed by atoms with Crippen LogP contribution >= 0.6 is 39.1 Å². The van der Waals surface area contributed by atoms with Crippen molar-refractivity contribution in [2.75, 3.05) is 7.11 Å². The monoisotopic (exact) mass is 332 g/mol. The maximum absolute atomic E-state index is 11.5. The topological polar surface area (TPSA) is 26.3 Å². The summed E-state index contributed by atoms with van der Waals surface area (Å²) in [4.78, 5) is 11.5. The largest absolute Gasteiger partial charge is 0.465 e. The molecule has 2 rings (SSSR count). The van der Waals surface area contributed by atoms with E-state index in [4.69, 9.17) is 23.2 Å². The number of hydrogen-bond acceptors (Lipinski definition) is 2. The molecule has 0 aliphatic rings. The first kappa shape index (κ1) is 12.7. The van der Waals surface area contributed by atoms with Crippen LogP contribution in [0.25, 0.3) is 10.8 Å². The van der Waals surface area contributed by atoms with Gasteiger partial charge in [-0.15, -0.1) is 0 Å². The second kappa shape index (κ2) is 4.84. The Hall–Kier alpha value is -0.770. The van der Waals surface area contributed by atoms with Crippen LogP contribution < -0.4 is 0 Å². The Kier molecular flexibility index (Phi) is 3.61. The molecule has 0 aromatic heterocycles. The summed E-state index contributed by atoms with van der Waals surface area (Å²) in [6, 6.07) is 6.88. The van der Waals surface area contributed by atoms with Crippen molar-refractivity contribution < 1.29 is 9.53 Å². The number of carbonyl (C=O) groups is 1. The number of halogens is 3. The molecule has 0 amide bonds. The average molecular weight is 334 g/mol. The van der Waals surface area contributed by atoms with Gasteiger partial charge in [0.15, 0.2) is 0 Å². The van der Waals surface area contributed by atoms with Crippen molar-refractivity contribution in [2.24, 2.45) is 0 Å². The first-order valence-corrected chi connectivity index (χ1v) is 6.24. The van der Waals surface area contributed by atoms with Crippen LogP contribution in [-0.4, -0.2) is 13.1 Å². The molecule has 2 nitrogen and oxygen atoms in total. The van der Waals surface area contributed by atoms with Crippen LogP contribution in [0.4, 0.5) is 0 Å². The lowest BCUT2D eigenvalue weighted by atomic mass is 10.1. The van der Waals surface area contributed by atoms with E-state index in [2.05, 4.69) is 20.7 Å². The van der Waals surface area contributed by atoms with Gasteiger partial charge in [0, 0.05) is 4.47 Å². The Morgan fingerprint density at radius 1 is 1.18 bits per heavy atom. The van der Waals surface area contributed by atoms with E-state index in [-0.39, 0.29) is 0 Å². The number of carbonyl (C=O) groups excluding carboxylic acids is 1. The van der Waals surface area contributed by atoms with E-state index in [1.807, 2.05) is 0 Å². The number of esters is 1. The molecule has 2 aromatic carbocycles. The van der Waals surface area contributed by atoms with Gasteiger partial charge in [-0.25, -0.2) is 4.79 Å². The zero-order valence-corrected chi connectivity index (χ0v) is 11.9. The van der Waals surface area contributed by atoms with Crippen LogP contribution in [0, 0.1) is 0 Å². The van der Waals surface area contributed by atoms with Crippen LogP contribution in [0.1, 0.15) is 10.4 Å². The summed E-state index contributed by atoms with van der Waals surface area (Å²) >= 11 is 15.3. The highest BCUT2D eigenvalue weighted by atomic mass is 79.9. The fraction of sp³-hybridized carbons (Fsp3) is 0.0833. The molecule has 0 saturated carbocycles. The van der Waals surface area contributed by atoms with Gasteiger partial charge in [0.05, 0.1) is 22.7 Å². The highest BCUT2D eigenvalue weighted by molar-refractivity contribution is 9.10. The second-order valence-corrected chi connectivity index (χ2v) is 5.11. The SMILES string of the molecule is COC(=O)c1cc(Br)c2cc(Cl)c(Cl)cc2c1. The van der Waals surface area contributed by atoms with E-state index in [0.717, 1.165) is 15.2 Å². The molecular formula is C12H7BrCl2O2. The fourth-order valence-corrected chi connectivity index (χ4v) is 2.47. The molecule has 0 unspecified atom stereocenters. The van der Waals surface area contributed by atoms with Gasteiger partial charge in [-0.05, 0) is 35.0 Å². The van der Waals surface area contributed by atoms with E-state index < -0.39 is 5.97 Å². The lowest BCUT2D eigenvalue weighted by Gasteiger charge is -2.06. The van der Waals surface area contributed by atoms with Gasteiger partial charge in [-0.3, -0.25) is 0 Å². The van der Waals surface area contributed by atoms with Crippen molar-refractivity contribution in [1.29, 1.82) is 0 Å². The average Bonchev–Trinajstić information content (AvgIpc) is 2.30. The number of rotatable bonds is 1. The Morgan fingerprint density at radius 3 is 2.47 bits per heavy atom. The quantitative estimate of drug-likeness (QED) is 0.707. The number of fused-ring (bicyclic) bond motifs is 1. The van der Waals surface area contributed by atoms with Gasteiger partial charge in [-0.1, -0.05) is 39.1 Å². The highest BCUT2D eigenvalue weighted by Crippen LogP contribution is 2.33. The summed E-state index contributed by atoms with van der Waals surface area (Å²) in [5, 5.41) is 2.65. The van der Waals surface area contributed by atoms with Crippen LogP contribution in [0.2, 0.25) is 10.0 Å². The van der Waals surface area contributed by atoms with E-state index >= 15 is 0 Å². The maximum Gasteiger partial charge on any atom is 0.337 e. The predicted octanol–water partition coefficient (Wildman–Crippen LogP) is 4.70. The van der Waals surface area contributed by atoms with Gasteiger partial charge < -0.3 is 4.74 Å². The molecule has 0 fully saturated rings. The molecule has 17 heavy (non-hydrogen) atoms. The summed E-state index contributed by atoms with van der Waals surface area (Å²) in [7, 11) is 1.34. The van der Waals surface area contributed by atoms with E-state index in [9.17, 15) is 4.79 Å². The Bertz CT molecular complexity index is 611. The zero-order chi connectivity index (χ0) is 12.6. The van der Waals surface area contributed by atoms with Crippen LogP contribution in [0.3, 0.4) is 0 Å². The first-order chi connectivity index (χ1) is 8.02. The maximum atomic E-state index is 11.5. The lowest BCUT2D eigenvalue weighted by Crippen LogP contribution is -2.01. The van der Waals surface area contributed by atoms with E-state index in [1.54, 1.807) is 24.3 Å². The summed E-state index contributed by atoms with van der Waals surface area (Å²) < 4.78 is 5.45. The van der Waals surface area contributed by atoms with Crippen molar-refractivity contribution in [2.45, 2.75) is 0 Å². The molecule has 0 heterocycles. The molecule has 0 spiro atoms. The summed E-state index contributed by atoms with van der Waals surface area (Å²) in [5.41, 5.74) is 0.463. The minimum Gasteiger partial charge on any atom is -0.465 e. The minimum absolute atomic E-state index is 0.390. The van der Waals surface area contributed by atoms with Crippen molar-refractivity contribution in [1.82, 2.24) is 0 Å². The third-order valence-corrected chi connectivity index (χ3v) is 3.74. The summed E-state index contributed by atoms with van der Waals surface area (Å²) in [6.07, 6.45) is 0. The highest BCUT2D eigenvalue weighted by Gasteiger charge is 2.11. The molecule has 0 aliphatic heterocycles. The normalized spacial score (nSPS) is 10.6. The molecular weight excluding hydrogens is 327 g/mol. The predicted molar refractivity (Wildman–Crippen MR) is 73.0 cm³/mol. The molecule has 0 aliphatic carbocycles. The van der Waals surface area contributed by atoms with E-state index in [1.165, 1.54) is 7.11 Å². The Labute approximate surface area is 117 Å². The van der Waals surface area contributed by atoms with Crippen molar-refractivity contribution in [3.8, 4) is 0 Å². The smallest absolute Gasteiger partial charge is 0.337 e. The van der Waals surface area contributed by atoms with Crippen LogP contribution in [-0.2, 0) is 4.74 Å². The fourth-order valence-electron chi connectivity index (χ4n) is 1.55. The van der Waals surface area contributed by atoms with Crippen LogP contribution in [0.5, 0.6) is 0 Å². The van der Waals surface area contributed by atoms with E-state index in [0.29, 0.717) is 15.6 Å². The number of benzene rings is 2. The van der Waals surface area contributed by atoms with Gasteiger partial charge in [0.2, 0.25) is 0 Å². The lowest BCUT2D eigenvalue weighted by molar-refractivity contribution is 0.0601. The number of ether oxygens (including phenoxy) is 1. The van der Waals surface area contributed by atoms with Gasteiger partial charge >= 0.3 is 5.97 Å². The molecule has 0 radical (unpaired) electrons. The standard InChI is InChI=1S/C12H7BrCl2O2/c1-17-12(16)7-2-6-4-10(14)11(15)5-8(6)9(13)3-7/h2-5H,1H3. The molecule has 5 heteroatoms. The molecule has 2 aromatic rings. The minimum atomic E-state index is -0.390. The number of hydrogen-bond donors (Lipinski definition) is 0. The zero-order valence-electron chi connectivity index (χ0n) is 8.76. The van der Waals surface area contributed by atoms with Gasteiger partial charge in [-0.2, -0.15) is 0 Å². The molecule has 0 bridgehead atoms. The number of methoxy groups -OCH3 is 1. The molecule has 0 N–H and O–H groups in total. The van der Waals surface area contributed by atoms with Gasteiger partial charge in [0.25, 0.3) is 0 Å². The first-order valence-electron chi connectivity index (χ1n) is 4.69.